The zero-order chi connectivity index (χ0) is 17.9. The summed E-state index contributed by atoms with van der Waals surface area (Å²) < 4.78 is 4.72. The van der Waals surface area contributed by atoms with Crippen LogP contribution in [-0.2, 0) is 14.4 Å². The number of carbonyl (C=O) groups excluding carboxylic acids is 2. The molecule has 1 aromatic rings. The summed E-state index contributed by atoms with van der Waals surface area (Å²) in [6.07, 6.45) is 1.52. The molecular formula is C19H25NO4. The molecule has 1 saturated heterocycles. The van der Waals surface area contributed by atoms with Gasteiger partial charge in [-0.15, -0.1) is 5.06 Å². The first-order chi connectivity index (χ1) is 11.2. The van der Waals surface area contributed by atoms with Crippen LogP contribution in [0.25, 0.3) is 0 Å². The molecule has 1 aliphatic heterocycles. The third kappa shape index (κ3) is 4.23. The zero-order valence-electron chi connectivity index (χ0n) is 14.8. The van der Waals surface area contributed by atoms with Gasteiger partial charge in [0.15, 0.2) is 0 Å². The standard InChI is InChI=1S/C19H25NO4/c1-13-10-11-20(24-18(22)19(2,3)4)16(12-13)14-6-8-15(9-7-14)17(21)23-5/h6-9,16H,1,10-12H2,2-5H3. The average molecular weight is 331 g/mol. The molecule has 1 fully saturated rings. The first-order valence-corrected chi connectivity index (χ1v) is 8.06. The monoisotopic (exact) mass is 331 g/mol. The summed E-state index contributed by atoms with van der Waals surface area (Å²) >= 11 is 0. The van der Waals surface area contributed by atoms with Crippen molar-refractivity contribution in [3.8, 4) is 0 Å². The minimum Gasteiger partial charge on any atom is -0.465 e. The van der Waals surface area contributed by atoms with Gasteiger partial charge in [-0.1, -0.05) is 24.3 Å². The van der Waals surface area contributed by atoms with Gasteiger partial charge in [0.05, 0.1) is 24.1 Å². The Balaban J connectivity index is 2.21. The molecule has 1 heterocycles. The second kappa shape index (κ2) is 7.18. The van der Waals surface area contributed by atoms with Crippen molar-refractivity contribution in [1.82, 2.24) is 5.06 Å². The number of esters is 1. The maximum atomic E-state index is 12.2. The predicted octanol–water partition coefficient (Wildman–Crippen LogP) is 3.67. The van der Waals surface area contributed by atoms with Gasteiger partial charge in [-0.25, -0.2) is 9.59 Å². The first-order valence-electron chi connectivity index (χ1n) is 8.06. The topological polar surface area (TPSA) is 55.8 Å². The van der Waals surface area contributed by atoms with E-state index in [-0.39, 0.29) is 18.0 Å². The third-order valence-electron chi connectivity index (χ3n) is 4.04. The van der Waals surface area contributed by atoms with Crippen molar-refractivity contribution in [1.29, 1.82) is 0 Å². The molecule has 0 radical (unpaired) electrons. The van der Waals surface area contributed by atoms with Gasteiger partial charge in [0.1, 0.15) is 0 Å². The highest BCUT2D eigenvalue weighted by molar-refractivity contribution is 5.89. The number of carbonyl (C=O) groups is 2. The van der Waals surface area contributed by atoms with Gasteiger partial charge >= 0.3 is 11.9 Å². The van der Waals surface area contributed by atoms with E-state index in [0.717, 1.165) is 24.0 Å². The lowest BCUT2D eigenvalue weighted by Gasteiger charge is -2.36. The van der Waals surface area contributed by atoms with Gasteiger partial charge in [0.25, 0.3) is 0 Å². The van der Waals surface area contributed by atoms with Crippen molar-refractivity contribution >= 4 is 11.9 Å². The molecule has 1 aliphatic rings. The van der Waals surface area contributed by atoms with Gasteiger partial charge < -0.3 is 9.57 Å². The second-order valence-corrected chi connectivity index (χ2v) is 7.10. The fraction of sp³-hybridized carbons (Fsp3) is 0.474. The Labute approximate surface area is 143 Å². The molecule has 2 rings (SSSR count). The lowest BCUT2D eigenvalue weighted by Crippen LogP contribution is -2.39. The van der Waals surface area contributed by atoms with Gasteiger partial charge in [-0.05, 0) is 51.3 Å². The number of hydrogen-bond acceptors (Lipinski definition) is 5. The molecular weight excluding hydrogens is 306 g/mol. The highest BCUT2D eigenvalue weighted by Gasteiger charge is 2.32. The summed E-state index contributed by atoms with van der Waals surface area (Å²) in [4.78, 5) is 29.4. The van der Waals surface area contributed by atoms with Crippen LogP contribution < -0.4 is 0 Å². The van der Waals surface area contributed by atoms with E-state index in [1.54, 1.807) is 17.2 Å². The number of nitrogens with zero attached hydrogens (tertiary/aromatic N) is 1. The highest BCUT2D eigenvalue weighted by atomic mass is 16.7. The van der Waals surface area contributed by atoms with Crippen molar-refractivity contribution < 1.29 is 19.2 Å². The minimum atomic E-state index is -0.562. The smallest absolute Gasteiger partial charge is 0.337 e. The molecule has 0 aliphatic carbocycles. The van der Waals surface area contributed by atoms with E-state index < -0.39 is 5.41 Å². The van der Waals surface area contributed by atoms with Crippen LogP contribution in [-0.4, -0.2) is 30.7 Å². The van der Waals surface area contributed by atoms with Gasteiger partial charge in [-0.3, -0.25) is 0 Å². The number of hydrogen-bond donors (Lipinski definition) is 0. The molecule has 5 nitrogen and oxygen atoms in total. The lowest BCUT2D eigenvalue weighted by atomic mass is 9.93. The third-order valence-corrected chi connectivity index (χ3v) is 4.04. The molecule has 1 aromatic carbocycles. The van der Waals surface area contributed by atoms with Gasteiger partial charge in [0, 0.05) is 6.54 Å². The van der Waals surface area contributed by atoms with E-state index >= 15 is 0 Å². The fourth-order valence-electron chi connectivity index (χ4n) is 2.50. The van der Waals surface area contributed by atoms with Crippen molar-refractivity contribution in [3.63, 3.8) is 0 Å². The van der Waals surface area contributed by atoms with E-state index in [9.17, 15) is 9.59 Å². The Hall–Kier alpha value is -2.14. The van der Waals surface area contributed by atoms with E-state index in [2.05, 4.69) is 6.58 Å². The Morgan fingerprint density at radius 1 is 1.21 bits per heavy atom. The Morgan fingerprint density at radius 3 is 2.38 bits per heavy atom. The molecule has 0 N–H and O–H groups in total. The summed E-state index contributed by atoms with van der Waals surface area (Å²) in [5.74, 6) is -0.628. The highest BCUT2D eigenvalue weighted by Crippen LogP contribution is 2.34. The predicted molar refractivity (Wildman–Crippen MR) is 91.1 cm³/mol. The van der Waals surface area contributed by atoms with Crippen LogP contribution >= 0.6 is 0 Å². The summed E-state index contributed by atoms with van der Waals surface area (Å²) in [7, 11) is 1.36. The number of methoxy groups -OCH3 is 1. The quantitative estimate of drug-likeness (QED) is 0.625. The Morgan fingerprint density at radius 2 is 1.83 bits per heavy atom. The fourth-order valence-corrected chi connectivity index (χ4v) is 2.50. The van der Waals surface area contributed by atoms with Crippen LogP contribution in [0.15, 0.2) is 36.4 Å². The van der Waals surface area contributed by atoms with Crippen molar-refractivity contribution in [2.24, 2.45) is 5.41 Å². The summed E-state index contributed by atoms with van der Waals surface area (Å²) in [5, 5.41) is 1.73. The second-order valence-electron chi connectivity index (χ2n) is 7.10. The summed E-state index contributed by atoms with van der Waals surface area (Å²) in [5.41, 5.74) is 2.03. The van der Waals surface area contributed by atoms with Gasteiger partial charge in [-0.2, -0.15) is 0 Å². The maximum absolute atomic E-state index is 12.2. The van der Waals surface area contributed by atoms with Gasteiger partial charge in [0.2, 0.25) is 0 Å². The van der Waals surface area contributed by atoms with Crippen molar-refractivity contribution in [2.75, 3.05) is 13.7 Å². The minimum absolute atomic E-state index is 0.0933. The van der Waals surface area contributed by atoms with Crippen LogP contribution in [0, 0.1) is 5.41 Å². The number of ether oxygens (including phenoxy) is 1. The van der Waals surface area contributed by atoms with Crippen LogP contribution in [0.4, 0.5) is 0 Å². The first kappa shape index (κ1) is 18.2. The number of hydroxylamine groups is 2. The molecule has 1 unspecified atom stereocenters. The Kier molecular flexibility index (Phi) is 5.44. The average Bonchev–Trinajstić information content (AvgIpc) is 2.55. The molecule has 0 spiro atoms. The molecule has 0 bridgehead atoms. The van der Waals surface area contributed by atoms with Crippen LogP contribution in [0.3, 0.4) is 0 Å². The van der Waals surface area contributed by atoms with E-state index in [4.69, 9.17) is 9.57 Å². The van der Waals surface area contributed by atoms with Crippen molar-refractivity contribution in [3.05, 3.63) is 47.5 Å². The van der Waals surface area contributed by atoms with Crippen molar-refractivity contribution in [2.45, 2.75) is 39.7 Å². The normalized spacial score (nSPS) is 19.0. The van der Waals surface area contributed by atoms with Crippen LogP contribution in [0.1, 0.15) is 55.6 Å². The largest absolute Gasteiger partial charge is 0.465 e. The molecule has 1 atom stereocenters. The van der Waals surface area contributed by atoms with E-state index in [1.807, 2.05) is 32.9 Å². The summed E-state index contributed by atoms with van der Waals surface area (Å²) in [6.45, 7) is 10.2. The number of rotatable bonds is 3. The van der Waals surface area contributed by atoms with E-state index in [0.29, 0.717) is 12.1 Å². The zero-order valence-corrected chi connectivity index (χ0v) is 14.8. The summed E-state index contributed by atoms with van der Waals surface area (Å²) in [6, 6.07) is 7.09. The maximum Gasteiger partial charge on any atom is 0.337 e. The lowest BCUT2D eigenvalue weighted by molar-refractivity contribution is -0.215. The number of benzene rings is 1. The molecule has 130 valence electrons. The molecule has 0 saturated carbocycles. The SMILES string of the molecule is C=C1CCN(OC(=O)C(C)(C)C)C(c2ccc(C(=O)OC)cc2)C1. The Bertz CT molecular complexity index is 628. The molecule has 0 amide bonds. The molecule has 24 heavy (non-hydrogen) atoms. The molecule has 5 heteroatoms. The van der Waals surface area contributed by atoms with Crippen LogP contribution in [0.5, 0.6) is 0 Å². The number of piperidine rings is 1. The van der Waals surface area contributed by atoms with E-state index in [1.165, 1.54) is 7.11 Å². The van der Waals surface area contributed by atoms with Crippen LogP contribution in [0.2, 0.25) is 0 Å². The molecule has 0 aromatic heterocycles.